The maximum Gasteiger partial charge on any atom is 0.159 e. The van der Waals surface area contributed by atoms with Crippen LogP contribution in [0.4, 0.5) is 0 Å². The largest absolute Gasteiger partial charge is 0.329 e. The van der Waals surface area contributed by atoms with E-state index in [4.69, 9.17) is 10.7 Å². The highest BCUT2D eigenvalue weighted by Crippen LogP contribution is 2.25. The monoisotopic (exact) mass is 266 g/mol. The molecule has 3 aromatic rings. The summed E-state index contributed by atoms with van der Waals surface area (Å²) in [5.74, 6) is 0.885. The number of nitrogens with zero attached hydrogens (tertiary/aromatic N) is 3. The maximum atomic E-state index is 5.76. The van der Waals surface area contributed by atoms with Gasteiger partial charge in [0.1, 0.15) is 5.69 Å². The fourth-order valence-corrected chi connectivity index (χ4v) is 2.43. The Morgan fingerprint density at radius 1 is 1.15 bits per heavy atom. The number of hydrogen-bond donors (Lipinski definition) is 1. The third-order valence-corrected chi connectivity index (χ3v) is 3.61. The molecule has 20 heavy (non-hydrogen) atoms. The second kappa shape index (κ2) is 5.06. The van der Waals surface area contributed by atoms with Gasteiger partial charge >= 0.3 is 0 Å². The zero-order valence-electron chi connectivity index (χ0n) is 11.8. The van der Waals surface area contributed by atoms with E-state index in [0.717, 1.165) is 29.1 Å². The molecule has 0 aliphatic carbocycles. The predicted octanol–water partition coefficient (Wildman–Crippen LogP) is 2.67. The molecule has 2 heterocycles. The van der Waals surface area contributed by atoms with Crippen LogP contribution in [0.3, 0.4) is 0 Å². The van der Waals surface area contributed by atoms with Crippen molar-refractivity contribution in [3.05, 3.63) is 47.7 Å². The lowest BCUT2D eigenvalue weighted by molar-refractivity contribution is 0.733. The van der Waals surface area contributed by atoms with E-state index in [1.165, 1.54) is 11.1 Å². The van der Waals surface area contributed by atoms with Gasteiger partial charge in [-0.1, -0.05) is 6.07 Å². The number of hydrogen-bond acceptors (Lipinski definition) is 3. The van der Waals surface area contributed by atoms with Crippen LogP contribution in [0.25, 0.3) is 22.6 Å². The second-order valence-electron chi connectivity index (χ2n) is 5.02. The van der Waals surface area contributed by atoms with Gasteiger partial charge in [-0.15, -0.1) is 0 Å². The van der Waals surface area contributed by atoms with Gasteiger partial charge in [0.05, 0.1) is 11.0 Å². The molecule has 3 rings (SSSR count). The molecular formula is C16H18N4. The van der Waals surface area contributed by atoms with Gasteiger partial charge in [-0.3, -0.25) is 4.98 Å². The van der Waals surface area contributed by atoms with Crippen LogP contribution < -0.4 is 5.73 Å². The Kier molecular flexibility index (Phi) is 3.24. The molecule has 0 bridgehead atoms. The number of benzene rings is 1. The van der Waals surface area contributed by atoms with Crippen molar-refractivity contribution in [2.75, 3.05) is 6.54 Å². The van der Waals surface area contributed by atoms with E-state index in [2.05, 4.69) is 35.5 Å². The van der Waals surface area contributed by atoms with Crippen LogP contribution in [0.5, 0.6) is 0 Å². The van der Waals surface area contributed by atoms with Crippen molar-refractivity contribution in [3.8, 4) is 11.5 Å². The highest BCUT2D eigenvalue weighted by Gasteiger charge is 2.13. The molecule has 0 aliphatic heterocycles. The lowest BCUT2D eigenvalue weighted by Crippen LogP contribution is -2.11. The normalized spacial score (nSPS) is 11.2. The fraction of sp³-hybridized carbons (Fsp3) is 0.250. The van der Waals surface area contributed by atoms with E-state index in [-0.39, 0.29) is 0 Å². The van der Waals surface area contributed by atoms with Crippen LogP contribution in [0.2, 0.25) is 0 Å². The highest BCUT2D eigenvalue weighted by molar-refractivity contribution is 5.81. The van der Waals surface area contributed by atoms with Crippen LogP contribution in [-0.4, -0.2) is 21.1 Å². The van der Waals surface area contributed by atoms with Crippen molar-refractivity contribution >= 4 is 11.0 Å². The second-order valence-corrected chi connectivity index (χ2v) is 5.02. The molecule has 0 spiro atoms. The van der Waals surface area contributed by atoms with Crippen molar-refractivity contribution in [2.24, 2.45) is 5.73 Å². The summed E-state index contributed by atoms with van der Waals surface area (Å²) in [4.78, 5) is 9.16. The van der Waals surface area contributed by atoms with Gasteiger partial charge in [-0.25, -0.2) is 4.98 Å². The van der Waals surface area contributed by atoms with Gasteiger partial charge in [0.25, 0.3) is 0 Å². The van der Waals surface area contributed by atoms with E-state index in [1.54, 1.807) is 6.20 Å². The number of nitrogens with two attached hydrogens (primary N) is 1. The number of rotatable bonds is 3. The third-order valence-electron chi connectivity index (χ3n) is 3.61. The summed E-state index contributed by atoms with van der Waals surface area (Å²) >= 11 is 0. The SMILES string of the molecule is Cc1cc2nc(-c3ccccn3)n(CCN)c2cc1C. The van der Waals surface area contributed by atoms with Gasteiger partial charge in [-0.2, -0.15) is 0 Å². The highest BCUT2D eigenvalue weighted by atomic mass is 15.1. The summed E-state index contributed by atoms with van der Waals surface area (Å²) < 4.78 is 2.16. The Labute approximate surface area is 118 Å². The molecule has 4 heteroatoms. The number of aryl methyl sites for hydroxylation is 2. The summed E-state index contributed by atoms with van der Waals surface area (Å²) in [6.07, 6.45) is 1.79. The molecule has 0 aliphatic rings. The van der Waals surface area contributed by atoms with Crippen molar-refractivity contribution in [2.45, 2.75) is 20.4 Å². The molecule has 2 N–H and O–H groups in total. The summed E-state index contributed by atoms with van der Waals surface area (Å²) in [6, 6.07) is 10.2. The quantitative estimate of drug-likeness (QED) is 0.793. The standard InChI is InChI=1S/C16H18N4/c1-11-9-14-15(10-12(11)2)20(8-6-17)16(19-14)13-5-3-4-7-18-13/h3-5,7,9-10H,6,8,17H2,1-2H3. The Morgan fingerprint density at radius 3 is 2.65 bits per heavy atom. The van der Waals surface area contributed by atoms with Gasteiger partial charge in [-0.05, 0) is 49.2 Å². The first-order valence-corrected chi connectivity index (χ1v) is 6.79. The molecule has 0 atom stereocenters. The lowest BCUT2D eigenvalue weighted by atomic mass is 10.1. The average Bonchev–Trinajstić information content (AvgIpc) is 2.79. The van der Waals surface area contributed by atoms with Gasteiger partial charge < -0.3 is 10.3 Å². The van der Waals surface area contributed by atoms with Crippen molar-refractivity contribution in [1.29, 1.82) is 0 Å². The van der Waals surface area contributed by atoms with Crippen LogP contribution in [-0.2, 0) is 6.54 Å². The van der Waals surface area contributed by atoms with E-state index >= 15 is 0 Å². The molecule has 0 fully saturated rings. The molecule has 0 saturated heterocycles. The maximum absolute atomic E-state index is 5.76. The molecule has 0 radical (unpaired) electrons. The minimum atomic E-state index is 0.582. The summed E-state index contributed by atoms with van der Waals surface area (Å²) in [5.41, 5.74) is 11.3. The predicted molar refractivity (Wildman–Crippen MR) is 81.5 cm³/mol. The van der Waals surface area contributed by atoms with Crippen LogP contribution in [0, 0.1) is 13.8 Å². The van der Waals surface area contributed by atoms with Gasteiger partial charge in [0, 0.05) is 19.3 Å². The van der Waals surface area contributed by atoms with Crippen LogP contribution >= 0.6 is 0 Å². The average molecular weight is 266 g/mol. The molecule has 0 amide bonds. The van der Waals surface area contributed by atoms with Gasteiger partial charge in [0.2, 0.25) is 0 Å². The molecule has 4 nitrogen and oxygen atoms in total. The molecule has 1 aromatic carbocycles. The molecule has 0 saturated carbocycles. The topological polar surface area (TPSA) is 56.7 Å². The first kappa shape index (κ1) is 12.8. The number of imidazole rings is 1. The molecule has 0 unspecified atom stereocenters. The first-order chi connectivity index (χ1) is 9.70. The zero-order valence-corrected chi connectivity index (χ0v) is 11.8. The Morgan fingerprint density at radius 2 is 1.95 bits per heavy atom. The Bertz CT molecular complexity index is 744. The number of pyridine rings is 1. The lowest BCUT2D eigenvalue weighted by Gasteiger charge is -2.07. The first-order valence-electron chi connectivity index (χ1n) is 6.79. The Hall–Kier alpha value is -2.20. The molecular weight excluding hydrogens is 248 g/mol. The minimum absolute atomic E-state index is 0.582. The van der Waals surface area contributed by atoms with E-state index in [0.29, 0.717) is 6.54 Å². The van der Waals surface area contributed by atoms with Crippen LogP contribution in [0.1, 0.15) is 11.1 Å². The number of fused-ring (bicyclic) bond motifs is 1. The fourth-order valence-electron chi connectivity index (χ4n) is 2.43. The molecule has 102 valence electrons. The van der Waals surface area contributed by atoms with Crippen LogP contribution in [0.15, 0.2) is 36.5 Å². The number of aromatic nitrogens is 3. The van der Waals surface area contributed by atoms with Gasteiger partial charge in [0.15, 0.2) is 5.82 Å². The van der Waals surface area contributed by atoms with Crippen molar-refractivity contribution < 1.29 is 0 Å². The van der Waals surface area contributed by atoms with E-state index < -0.39 is 0 Å². The Balaban J connectivity index is 2.28. The van der Waals surface area contributed by atoms with Crippen molar-refractivity contribution in [1.82, 2.24) is 14.5 Å². The zero-order chi connectivity index (χ0) is 14.1. The molecule has 2 aromatic heterocycles. The van der Waals surface area contributed by atoms with E-state index in [9.17, 15) is 0 Å². The van der Waals surface area contributed by atoms with Crippen molar-refractivity contribution in [3.63, 3.8) is 0 Å². The third kappa shape index (κ3) is 2.08. The summed E-state index contributed by atoms with van der Waals surface area (Å²) in [5, 5.41) is 0. The van der Waals surface area contributed by atoms with E-state index in [1.807, 2.05) is 18.2 Å². The minimum Gasteiger partial charge on any atom is -0.329 e. The summed E-state index contributed by atoms with van der Waals surface area (Å²) in [7, 11) is 0. The smallest absolute Gasteiger partial charge is 0.159 e. The summed E-state index contributed by atoms with van der Waals surface area (Å²) in [6.45, 7) is 5.55.